The number of thiol groups is 1. The first kappa shape index (κ1) is 13.2. The van der Waals surface area contributed by atoms with Crippen molar-refractivity contribution in [3.63, 3.8) is 0 Å². The van der Waals surface area contributed by atoms with E-state index in [0.717, 1.165) is 5.02 Å². The van der Waals surface area contributed by atoms with Crippen molar-refractivity contribution in [3.8, 4) is 0 Å². The molecule has 1 nitrogen and oxygen atoms in total. The van der Waals surface area contributed by atoms with Crippen LogP contribution >= 0.6 is 34.1 Å². The Kier molecular flexibility index (Phi) is 4.84. The van der Waals surface area contributed by atoms with E-state index in [9.17, 15) is 0 Å². The van der Waals surface area contributed by atoms with Crippen LogP contribution in [-0.4, -0.2) is 12.6 Å². The zero-order chi connectivity index (χ0) is 11.5. The molecule has 0 bridgehead atoms. The van der Waals surface area contributed by atoms with E-state index in [1.165, 1.54) is 5.56 Å². The van der Waals surface area contributed by atoms with E-state index < -0.39 is 0 Å². The van der Waals surface area contributed by atoms with Crippen LogP contribution in [0.1, 0.15) is 24.7 Å². The normalized spacial score (nSPS) is 13.9. The Balaban J connectivity index is 2.97. The minimum absolute atomic E-state index is 0.000244. The molecule has 0 saturated carbocycles. The Morgan fingerprint density at radius 1 is 1.33 bits per heavy atom. The van der Waals surface area contributed by atoms with Crippen LogP contribution in [0.4, 0.5) is 0 Å². The summed E-state index contributed by atoms with van der Waals surface area (Å²) in [5.74, 6) is 0. The molecule has 0 spiro atoms. The van der Waals surface area contributed by atoms with Gasteiger partial charge in [0.25, 0.3) is 0 Å². The van der Waals surface area contributed by atoms with E-state index in [-0.39, 0.29) is 5.54 Å². The third kappa shape index (κ3) is 3.31. The molecule has 0 heterocycles. The second kappa shape index (κ2) is 5.48. The predicted octanol–water partition coefficient (Wildman–Crippen LogP) is 3.96. The topological polar surface area (TPSA) is 12.0 Å². The molecule has 1 N–H and O–H groups in total. The van der Waals surface area contributed by atoms with Gasteiger partial charge in [0.05, 0.1) is 5.25 Å². The predicted molar refractivity (Wildman–Crippen MR) is 73.9 cm³/mol. The second-order valence-electron chi connectivity index (χ2n) is 4.01. The molecule has 0 radical (unpaired) electrons. The Bertz CT molecular complexity index is 311. The highest BCUT2D eigenvalue weighted by molar-refractivity contribution is 8.68. The van der Waals surface area contributed by atoms with E-state index in [1.54, 1.807) is 10.8 Å². The van der Waals surface area contributed by atoms with Crippen molar-refractivity contribution in [2.75, 3.05) is 7.05 Å². The molecule has 1 aromatic rings. The van der Waals surface area contributed by atoms with Crippen molar-refractivity contribution in [3.05, 3.63) is 34.9 Å². The first-order valence-corrected chi connectivity index (χ1v) is 7.07. The summed E-state index contributed by atoms with van der Waals surface area (Å²) in [6.07, 6.45) is 0. The minimum atomic E-state index is 0.000244. The minimum Gasteiger partial charge on any atom is -0.313 e. The SMILES string of the molecule is CNC(C)(C)C(SS)c1ccc(Cl)cc1. The molecule has 1 atom stereocenters. The zero-order valence-corrected chi connectivity index (χ0v) is 11.6. The van der Waals surface area contributed by atoms with Crippen LogP contribution in [0.15, 0.2) is 24.3 Å². The summed E-state index contributed by atoms with van der Waals surface area (Å²) in [5.41, 5.74) is 1.24. The van der Waals surface area contributed by atoms with Crippen molar-refractivity contribution in [1.82, 2.24) is 5.32 Å². The lowest BCUT2D eigenvalue weighted by Crippen LogP contribution is -2.40. The van der Waals surface area contributed by atoms with Gasteiger partial charge in [0.1, 0.15) is 0 Å². The van der Waals surface area contributed by atoms with Crippen LogP contribution in [0, 0.1) is 0 Å². The zero-order valence-electron chi connectivity index (χ0n) is 9.12. The molecule has 0 aliphatic carbocycles. The first-order chi connectivity index (χ1) is 7.01. The second-order valence-corrected chi connectivity index (χ2v) is 5.76. The highest BCUT2D eigenvalue weighted by Crippen LogP contribution is 2.40. The first-order valence-electron chi connectivity index (χ1n) is 4.76. The van der Waals surface area contributed by atoms with Gasteiger partial charge in [0, 0.05) is 10.6 Å². The molecule has 0 aliphatic heterocycles. The summed E-state index contributed by atoms with van der Waals surface area (Å²) < 4.78 is 0. The van der Waals surface area contributed by atoms with Gasteiger partial charge in [0.15, 0.2) is 0 Å². The fourth-order valence-corrected chi connectivity index (χ4v) is 3.32. The van der Waals surface area contributed by atoms with E-state index in [0.29, 0.717) is 5.25 Å². The Morgan fingerprint density at radius 2 is 1.87 bits per heavy atom. The van der Waals surface area contributed by atoms with Crippen LogP contribution in [-0.2, 0) is 0 Å². The summed E-state index contributed by atoms with van der Waals surface area (Å²) in [5, 5.41) is 4.36. The van der Waals surface area contributed by atoms with E-state index in [1.807, 2.05) is 19.2 Å². The Hall–Kier alpha value is 0.170. The molecule has 1 rings (SSSR count). The molecule has 1 aromatic carbocycles. The van der Waals surface area contributed by atoms with Crippen LogP contribution in [0.25, 0.3) is 0 Å². The maximum absolute atomic E-state index is 5.87. The van der Waals surface area contributed by atoms with Gasteiger partial charge in [-0.1, -0.05) is 34.5 Å². The van der Waals surface area contributed by atoms with Crippen molar-refractivity contribution in [2.45, 2.75) is 24.6 Å². The van der Waals surface area contributed by atoms with Crippen LogP contribution in [0.5, 0.6) is 0 Å². The van der Waals surface area contributed by atoms with Crippen LogP contribution in [0.2, 0.25) is 5.02 Å². The summed E-state index contributed by atoms with van der Waals surface area (Å²) in [4.78, 5) is 0. The van der Waals surface area contributed by atoms with Gasteiger partial charge >= 0.3 is 0 Å². The highest BCUT2D eigenvalue weighted by Gasteiger charge is 2.28. The Morgan fingerprint density at radius 3 is 2.27 bits per heavy atom. The van der Waals surface area contributed by atoms with Gasteiger partial charge in [-0.2, -0.15) is 0 Å². The number of likely N-dealkylation sites (N-methyl/N-ethyl adjacent to an activating group) is 1. The summed E-state index contributed by atoms with van der Waals surface area (Å²) >= 11 is 10.2. The lowest BCUT2D eigenvalue weighted by Gasteiger charge is -2.32. The molecule has 0 aliphatic rings. The van der Waals surface area contributed by atoms with Gasteiger partial charge in [-0.15, -0.1) is 11.7 Å². The Labute approximate surface area is 106 Å². The fourth-order valence-electron chi connectivity index (χ4n) is 1.38. The number of nitrogens with one attached hydrogen (secondary N) is 1. The summed E-state index contributed by atoms with van der Waals surface area (Å²) in [6, 6.07) is 7.93. The van der Waals surface area contributed by atoms with Gasteiger partial charge in [-0.3, -0.25) is 0 Å². The number of halogens is 1. The fraction of sp³-hybridized carbons (Fsp3) is 0.455. The molecule has 0 fully saturated rings. The van der Waals surface area contributed by atoms with Crippen molar-refractivity contribution in [1.29, 1.82) is 0 Å². The van der Waals surface area contributed by atoms with Crippen molar-refractivity contribution < 1.29 is 0 Å². The molecule has 0 saturated heterocycles. The molecule has 4 heteroatoms. The standard InChI is InChI=1S/C11H16ClNS2/c1-11(2,13-3)10(15-14)8-4-6-9(12)7-5-8/h4-7,10,13-14H,1-3H3. The largest absolute Gasteiger partial charge is 0.313 e. The van der Waals surface area contributed by atoms with E-state index in [2.05, 4.69) is 43.0 Å². The molecule has 15 heavy (non-hydrogen) atoms. The maximum atomic E-state index is 5.87. The molecule has 84 valence electrons. The molecule has 0 amide bonds. The number of benzene rings is 1. The van der Waals surface area contributed by atoms with Gasteiger partial charge < -0.3 is 5.32 Å². The van der Waals surface area contributed by atoms with Crippen molar-refractivity contribution >= 4 is 34.1 Å². The molecule has 0 aromatic heterocycles. The van der Waals surface area contributed by atoms with Gasteiger partial charge in [-0.05, 0) is 38.6 Å². The number of rotatable bonds is 4. The van der Waals surface area contributed by atoms with Crippen LogP contribution in [0.3, 0.4) is 0 Å². The lowest BCUT2D eigenvalue weighted by molar-refractivity contribution is 0.415. The maximum Gasteiger partial charge on any atom is 0.0574 e. The number of hydrogen-bond donors (Lipinski definition) is 2. The molecular formula is C11H16ClNS2. The summed E-state index contributed by atoms with van der Waals surface area (Å²) in [6.45, 7) is 4.32. The summed E-state index contributed by atoms with van der Waals surface area (Å²) in [7, 11) is 3.51. The smallest absolute Gasteiger partial charge is 0.0574 e. The molecule has 1 unspecified atom stereocenters. The lowest BCUT2D eigenvalue weighted by atomic mass is 9.94. The average Bonchev–Trinajstić information content (AvgIpc) is 2.22. The molecular weight excluding hydrogens is 246 g/mol. The third-order valence-electron chi connectivity index (χ3n) is 2.58. The highest BCUT2D eigenvalue weighted by atomic mass is 35.5. The van der Waals surface area contributed by atoms with E-state index in [4.69, 9.17) is 11.6 Å². The monoisotopic (exact) mass is 261 g/mol. The average molecular weight is 262 g/mol. The number of hydrogen-bond acceptors (Lipinski definition) is 3. The van der Waals surface area contributed by atoms with Gasteiger partial charge in [0.2, 0.25) is 0 Å². The van der Waals surface area contributed by atoms with Gasteiger partial charge in [-0.25, -0.2) is 0 Å². The quantitative estimate of drug-likeness (QED) is 0.629. The van der Waals surface area contributed by atoms with E-state index >= 15 is 0 Å². The van der Waals surface area contributed by atoms with Crippen molar-refractivity contribution in [2.24, 2.45) is 0 Å². The van der Waals surface area contributed by atoms with Crippen LogP contribution < -0.4 is 5.32 Å². The third-order valence-corrected chi connectivity index (χ3v) is 4.53.